The first kappa shape index (κ1) is 9.77. The van der Waals surface area contributed by atoms with Crippen molar-refractivity contribution in [3.63, 3.8) is 0 Å². The summed E-state index contributed by atoms with van der Waals surface area (Å²) in [4.78, 5) is 0. The zero-order chi connectivity index (χ0) is 10.8. The summed E-state index contributed by atoms with van der Waals surface area (Å²) in [5.74, 6) is -0.897. The van der Waals surface area contributed by atoms with Gasteiger partial charge in [0.05, 0.1) is 5.69 Å². The van der Waals surface area contributed by atoms with Crippen LogP contribution in [0.1, 0.15) is 12.6 Å². The maximum absolute atomic E-state index is 13.6. The van der Waals surface area contributed by atoms with Crippen LogP contribution < -0.4 is 0 Å². The van der Waals surface area contributed by atoms with Crippen LogP contribution in [0.2, 0.25) is 0 Å². The number of hydrogen-bond donors (Lipinski definition) is 1. The molecular formula is C12H12FNO. The third-order valence-corrected chi connectivity index (χ3v) is 2.41. The molecule has 15 heavy (non-hydrogen) atoms. The Morgan fingerprint density at radius 2 is 2.07 bits per heavy atom. The molecule has 0 aliphatic rings. The van der Waals surface area contributed by atoms with Gasteiger partial charge in [0.25, 0.3) is 0 Å². The normalized spacial score (nSPS) is 10.5. The molecule has 3 heteroatoms. The number of benzene rings is 1. The summed E-state index contributed by atoms with van der Waals surface area (Å²) in [7, 11) is 0. The molecule has 1 aromatic carbocycles. The van der Waals surface area contributed by atoms with Crippen molar-refractivity contribution in [3.05, 3.63) is 48.0 Å². The molecule has 0 radical (unpaired) electrons. The van der Waals surface area contributed by atoms with E-state index in [1.54, 1.807) is 22.9 Å². The number of phenolic OH excluding ortho intramolecular Hbond substituents is 1. The van der Waals surface area contributed by atoms with Gasteiger partial charge in [0.2, 0.25) is 0 Å². The van der Waals surface area contributed by atoms with Crippen molar-refractivity contribution in [1.29, 1.82) is 0 Å². The monoisotopic (exact) mass is 205 g/mol. The van der Waals surface area contributed by atoms with Gasteiger partial charge < -0.3 is 9.67 Å². The van der Waals surface area contributed by atoms with Gasteiger partial charge in [0, 0.05) is 11.9 Å². The number of nitrogens with zero attached hydrogens (tertiary/aromatic N) is 1. The van der Waals surface area contributed by atoms with Gasteiger partial charge in [-0.15, -0.1) is 0 Å². The van der Waals surface area contributed by atoms with Crippen molar-refractivity contribution in [2.45, 2.75) is 13.3 Å². The molecule has 0 spiro atoms. The van der Waals surface area contributed by atoms with Crippen molar-refractivity contribution >= 4 is 0 Å². The first-order valence-corrected chi connectivity index (χ1v) is 4.88. The van der Waals surface area contributed by atoms with Crippen LogP contribution in [-0.2, 0) is 6.42 Å². The van der Waals surface area contributed by atoms with Crippen molar-refractivity contribution in [2.24, 2.45) is 0 Å². The SMILES string of the molecule is CCc1cccn1-c1cccc(O)c1F. The predicted octanol–water partition coefficient (Wildman–Crippen LogP) is 2.88. The van der Waals surface area contributed by atoms with Gasteiger partial charge in [-0.25, -0.2) is 4.39 Å². The van der Waals surface area contributed by atoms with E-state index in [1.807, 2.05) is 19.1 Å². The van der Waals surface area contributed by atoms with E-state index in [0.717, 1.165) is 12.1 Å². The van der Waals surface area contributed by atoms with Crippen molar-refractivity contribution < 1.29 is 9.50 Å². The molecule has 1 aromatic heterocycles. The number of halogens is 1. The lowest BCUT2D eigenvalue weighted by Crippen LogP contribution is -2.00. The van der Waals surface area contributed by atoms with Gasteiger partial charge in [0.1, 0.15) is 0 Å². The molecule has 0 atom stereocenters. The minimum atomic E-state index is -0.580. The molecule has 0 bridgehead atoms. The summed E-state index contributed by atoms with van der Waals surface area (Å²) in [6, 6.07) is 8.42. The maximum Gasteiger partial charge on any atom is 0.188 e. The molecule has 0 aliphatic carbocycles. The van der Waals surface area contributed by atoms with Gasteiger partial charge >= 0.3 is 0 Å². The predicted molar refractivity (Wildman–Crippen MR) is 56.8 cm³/mol. The summed E-state index contributed by atoms with van der Waals surface area (Å²) >= 11 is 0. The molecule has 0 unspecified atom stereocenters. The quantitative estimate of drug-likeness (QED) is 0.801. The lowest BCUT2D eigenvalue weighted by Gasteiger charge is -2.09. The topological polar surface area (TPSA) is 25.2 Å². The van der Waals surface area contributed by atoms with Crippen LogP contribution >= 0.6 is 0 Å². The van der Waals surface area contributed by atoms with E-state index in [4.69, 9.17) is 0 Å². The molecule has 2 rings (SSSR count). The fourth-order valence-corrected chi connectivity index (χ4v) is 1.63. The van der Waals surface area contributed by atoms with Gasteiger partial charge in [-0.3, -0.25) is 0 Å². The Morgan fingerprint density at radius 1 is 1.27 bits per heavy atom. The van der Waals surface area contributed by atoms with Crippen molar-refractivity contribution in [2.75, 3.05) is 0 Å². The highest BCUT2D eigenvalue weighted by Crippen LogP contribution is 2.23. The highest BCUT2D eigenvalue weighted by Gasteiger charge is 2.09. The zero-order valence-corrected chi connectivity index (χ0v) is 8.44. The molecular weight excluding hydrogens is 193 g/mol. The van der Waals surface area contributed by atoms with Crippen molar-refractivity contribution in [3.8, 4) is 11.4 Å². The van der Waals surface area contributed by atoms with Gasteiger partial charge in [-0.05, 0) is 30.7 Å². The fraction of sp³-hybridized carbons (Fsp3) is 0.167. The third-order valence-electron chi connectivity index (χ3n) is 2.41. The van der Waals surface area contributed by atoms with Crippen LogP contribution in [-0.4, -0.2) is 9.67 Å². The second kappa shape index (κ2) is 3.77. The van der Waals surface area contributed by atoms with Crippen LogP contribution in [0.15, 0.2) is 36.5 Å². The maximum atomic E-state index is 13.6. The van der Waals surface area contributed by atoms with Crippen LogP contribution in [0.3, 0.4) is 0 Å². The van der Waals surface area contributed by atoms with E-state index in [0.29, 0.717) is 5.69 Å². The number of phenols is 1. The van der Waals surface area contributed by atoms with E-state index in [9.17, 15) is 9.50 Å². The summed E-state index contributed by atoms with van der Waals surface area (Å²) < 4.78 is 15.4. The lowest BCUT2D eigenvalue weighted by atomic mass is 10.2. The van der Waals surface area contributed by atoms with Crippen LogP contribution in [0, 0.1) is 5.82 Å². The Bertz CT molecular complexity index is 476. The molecule has 1 N–H and O–H groups in total. The standard InChI is InChI=1S/C12H12FNO/c1-2-9-5-4-8-14(9)10-6-3-7-11(15)12(10)13/h3-8,15H,2H2,1H3. The fourth-order valence-electron chi connectivity index (χ4n) is 1.63. The first-order valence-electron chi connectivity index (χ1n) is 4.88. The molecule has 0 fully saturated rings. The Morgan fingerprint density at radius 3 is 2.80 bits per heavy atom. The number of aromatic hydroxyl groups is 1. The highest BCUT2D eigenvalue weighted by molar-refractivity contribution is 5.42. The summed E-state index contributed by atoms with van der Waals surface area (Å²) in [5, 5.41) is 9.27. The van der Waals surface area contributed by atoms with Crippen molar-refractivity contribution in [1.82, 2.24) is 4.57 Å². The van der Waals surface area contributed by atoms with Gasteiger partial charge in [-0.2, -0.15) is 0 Å². The molecule has 0 saturated carbocycles. The Labute approximate surface area is 87.6 Å². The average molecular weight is 205 g/mol. The van der Waals surface area contributed by atoms with Crippen LogP contribution in [0.5, 0.6) is 5.75 Å². The Kier molecular flexibility index (Phi) is 2.46. The van der Waals surface area contributed by atoms with Crippen LogP contribution in [0.25, 0.3) is 5.69 Å². The summed E-state index contributed by atoms with van der Waals surface area (Å²) in [5.41, 5.74) is 1.40. The number of aryl methyl sites for hydroxylation is 1. The van der Waals surface area contributed by atoms with E-state index in [2.05, 4.69) is 0 Å². The third kappa shape index (κ3) is 1.61. The zero-order valence-electron chi connectivity index (χ0n) is 8.44. The minimum Gasteiger partial charge on any atom is -0.505 e. The molecule has 0 saturated heterocycles. The Balaban J connectivity index is 2.59. The number of hydrogen-bond acceptors (Lipinski definition) is 1. The second-order valence-corrected chi connectivity index (χ2v) is 3.33. The lowest BCUT2D eigenvalue weighted by molar-refractivity contribution is 0.431. The summed E-state index contributed by atoms with van der Waals surface area (Å²) in [6.07, 6.45) is 2.61. The first-order chi connectivity index (χ1) is 7.24. The molecule has 1 heterocycles. The molecule has 0 amide bonds. The van der Waals surface area contributed by atoms with Gasteiger partial charge in [-0.1, -0.05) is 13.0 Å². The Hall–Kier alpha value is -1.77. The molecule has 2 nitrogen and oxygen atoms in total. The number of rotatable bonds is 2. The minimum absolute atomic E-state index is 0.316. The molecule has 0 aliphatic heterocycles. The summed E-state index contributed by atoms with van der Waals surface area (Å²) in [6.45, 7) is 2.01. The molecule has 78 valence electrons. The van der Waals surface area contributed by atoms with E-state index < -0.39 is 5.82 Å². The average Bonchev–Trinajstić information content (AvgIpc) is 2.70. The molecule has 2 aromatic rings. The van der Waals surface area contributed by atoms with E-state index in [1.165, 1.54) is 6.07 Å². The largest absolute Gasteiger partial charge is 0.505 e. The number of aromatic nitrogens is 1. The second-order valence-electron chi connectivity index (χ2n) is 3.33. The van der Waals surface area contributed by atoms with E-state index in [-0.39, 0.29) is 5.75 Å². The smallest absolute Gasteiger partial charge is 0.188 e. The van der Waals surface area contributed by atoms with E-state index >= 15 is 0 Å². The van der Waals surface area contributed by atoms with Crippen LogP contribution in [0.4, 0.5) is 4.39 Å². The van der Waals surface area contributed by atoms with Gasteiger partial charge in [0.15, 0.2) is 11.6 Å². The highest BCUT2D eigenvalue weighted by atomic mass is 19.1.